The monoisotopic (exact) mass is 584 g/mol. The van der Waals surface area contributed by atoms with Crippen molar-refractivity contribution in [3.05, 3.63) is 64.5 Å². The van der Waals surface area contributed by atoms with Gasteiger partial charge in [0.25, 0.3) is 5.91 Å². The first-order valence-electron chi connectivity index (χ1n) is 12.5. The van der Waals surface area contributed by atoms with Crippen LogP contribution in [0.4, 0.5) is 9.80 Å². The number of nitrogens with one attached hydrogen (secondary N) is 1. The van der Waals surface area contributed by atoms with Crippen molar-refractivity contribution in [2.24, 2.45) is 0 Å². The summed E-state index contributed by atoms with van der Waals surface area (Å²) < 4.78 is 33.7. The van der Waals surface area contributed by atoms with Crippen LogP contribution in [0.5, 0.6) is 0 Å². The zero-order valence-corrected chi connectivity index (χ0v) is 24.2. The smallest absolute Gasteiger partial charge is 0.409 e. The minimum absolute atomic E-state index is 0.0987. The second-order valence-corrected chi connectivity index (χ2v) is 13.2. The molecule has 2 aromatic heterocycles. The fraction of sp³-hybridized carbons (Fsp3) is 0.296. The summed E-state index contributed by atoms with van der Waals surface area (Å²) in [6.07, 6.45) is -0.438. The Hall–Kier alpha value is -3.32. The van der Waals surface area contributed by atoms with E-state index in [1.807, 2.05) is 38.1 Å². The molecule has 39 heavy (non-hydrogen) atoms. The Balaban J connectivity index is 1.31. The lowest BCUT2D eigenvalue weighted by Gasteiger charge is -2.33. The van der Waals surface area contributed by atoms with Crippen molar-refractivity contribution in [1.29, 1.82) is 0 Å². The van der Waals surface area contributed by atoms with E-state index in [0.717, 1.165) is 31.2 Å². The van der Waals surface area contributed by atoms with Crippen LogP contribution in [-0.2, 0) is 14.8 Å². The van der Waals surface area contributed by atoms with E-state index in [2.05, 4.69) is 5.32 Å². The Morgan fingerprint density at radius 3 is 2.36 bits per heavy atom. The molecule has 0 spiro atoms. The molecule has 1 aliphatic heterocycles. The van der Waals surface area contributed by atoms with Gasteiger partial charge in [0.05, 0.1) is 21.7 Å². The number of para-hydroxylation sites is 1. The lowest BCUT2D eigenvalue weighted by atomic mass is 10.1. The van der Waals surface area contributed by atoms with Crippen LogP contribution < -0.4 is 5.32 Å². The predicted octanol–water partition coefficient (Wildman–Crippen LogP) is 5.36. The quantitative estimate of drug-likeness (QED) is 0.327. The van der Waals surface area contributed by atoms with Crippen molar-refractivity contribution in [2.75, 3.05) is 38.1 Å². The van der Waals surface area contributed by atoms with Gasteiger partial charge in [0.15, 0.2) is 0 Å². The number of piperazine rings is 1. The van der Waals surface area contributed by atoms with Gasteiger partial charge in [-0.25, -0.2) is 18.2 Å². The fourth-order valence-corrected chi connectivity index (χ4v) is 8.00. The molecular weight excluding hydrogens is 557 g/mol. The Kier molecular flexibility index (Phi) is 7.72. The van der Waals surface area contributed by atoms with E-state index in [1.54, 1.807) is 18.3 Å². The van der Waals surface area contributed by atoms with Gasteiger partial charge in [-0.2, -0.15) is 4.31 Å². The van der Waals surface area contributed by atoms with Crippen LogP contribution in [0.1, 0.15) is 27.7 Å². The topological polar surface area (TPSA) is 109 Å². The standard InChI is InChI=1S/C27H28N4O5S3/c1-4-36-27(33)30-13-15-31(16-14-30)39(34,35)20-11-9-19(10-12-20)24(32)29-26-23(17(2)18(3)37-26)25-28-21-7-5-6-8-22(21)38-25/h5-12H,4,13-16H2,1-3H3,(H,29,32). The van der Waals surface area contributed by atoms with Gasteiger partial charge < -0.3 is 15.0 Å². The molecular formula is C27H28N4O5S3. The summed E-state index contributed by atoms with van der Waals surface area (Å²) in [4.78, 5) is 32.6. The Morgan fingerprint density at radius 2 is 1.69 bits per heavy atom. The van der Waals surface area contributed by atoms with Crippen molar-refractivity contribution in [3.63, 3.8) is 0 Å². The highest BCUT2D eigenvalue weighted by Gasteiger charge is 2.31. The molecule has 0 atom stereocenters. The number of benzene rings is 2. The Labute approximate surface area is 235 Å². The van der Waals surface area contributed by atoms with E-state index in [1.165, 1.54) is 44.8 Å². The molecule has 1 aliphatic rings. The number of carbonyl (C=O) groups is 2. The summed E-state index contributed by atoms with van der Waals surface area (Å²) in [5.74, 6) is -0.328. The summed E-state index contributed by atoms with van der Waals surface area (Å²) in [5, 5.41) is 4.57. The van der Waals surface area contributed by atoms with Crippen molar-refractivity contribution >= 4 is 59.9 Å². The maximum atomic E-state index is 13.2. The Bertz CT molecular complexity index is 1600. The first-order valence-corrected chi connectivity index (χ1v) is 15.6. The van der Waals surface area contributed by atoms with Gasteiger partial charge in [0, 0.05) is 42.2 Å². The molecule has 1 fully saturated rings. The second kappa shape index (κ2) is 11.0. The first-order chi connectivity index (χ1) is 18.7. The SMILES string of the molecule is CCOC(=O)N1CCN(S(=O)(=O)c2ccc(C(=O)Nc3sc(C)c(C)c3-c3nc4ccccc4s3)cc2)CC1. The number of carbonyl (C=O) groups excluding carboxylic acids is 2. The van der Waals surface area contributed by atoms with Gasteiger partial charge in [-0.1, -0.05) is 12.1 Å². The minimum atomic E-state index is -3.76. The van der Waals surface area contributed by atoms with E-state index in [9.17, 15) is 18.0 Å². The third kappa shape index (κ3) is 5.42. The number of hydrogen-bond acceptors (Lipinski definition) is 8. The van der Waals surface area contributed by atoms with Crippen LogP contribution in [-0.4, -0.2) is 67.4 Å². The average molecular weight is 585 g/mol. The summed E-state index contributed by atoms with van der Waals surface area (Å²) >= 11 is 3.08. The van der Waals surface area contributed by atoms with Crippen molar-refractivity contribution in [3.8, 4) is 10.6 Å². The molecule has 0 saturated carbocycles. The molecule has 204 valence electrons. The van der Waals surface area contributed by atoms with Gasteiger partial charge in [0.1, 0.15) is 10.0 Å². The molecule has 0 aliphatic carbocycles. The summed E-state index contributed by atoms with van der Waals surface area (Å²) in [6.45, 7) is 6.90. The number of thiazole rings is 1. The Morgan fingerprint density at radius 1 is 1.00 bits per heavy atom. The maximum Gasteiger partial charge on any atom is 0.409 e. The summed E-state index contributed by atoms with van der Waals surface area (Å²) in [5.41, 5.74) is 3.24. The molecule has 4 aromatic rings. The number of thiophene rings is 1. The number of anilines is 1. The summed E-state index contributed by atoms with van der Waals surface area (Å²) in [6, 6.07) is 13.9. The van der Waals surface area contributed by atoms with Gasteiger partial charge in [-0.15, -0.1) is 22.7 Å². The van der Waals surface area contributed by atoms with Crippen molar-refractivity contribution in [1.82, 2.24) is 14.2 Å². The zero-order chi connectivity index (χ0) is 27.7. The molecule has 1 N–H and O–H groups in total. The molecule has 0 unspecified atom stereocenters. The number of aromatic nitrogens is 1. The molecule has 5 rings (SSSR count). The number of fused-ring (bicyclic) bond motifs is 1. The average Bonchev–Trinajstić information content (AvgIpc) is 3.48. The number of nitrogens with zero attached hydrogens (tertiary/aromatic N) is 3. The number of sulfonamides is 1. The highest BCUT2D eigenvalue weighted by atomic mass is 32.2. The summed E-state index contributed by atoms with van der Waals surface area (Å²) in [7, 11) is -3.76. The second-order valence-electron chi connectivity index (χ2n) is 9.04. The predicted molar refractivity (Wildman–Crippen MR) is 154 cm³/mol. The van der Waals surface area contributed by atoms with Gasteiger partial charge >= 0.3 is 6.09 Å². The molecule has 2 amide bonds. The van der Waals surface area contributed by atoms with Crippen LogP contribution in [0.3, 0.4) is 0 Å². The molecule has 2 aromatic carbocycles. The fourth-order valence-electron chi connectivity index (χ4n) is 4.38. The lowest BCUT2D eigenvalue weighted by Crippen LogP contribution is -2.50. The van der Waals surface area contributed by atoms with Crippen LogP contribution in [0, 0.1) is 13.8 Å². The number of aryl methyl sites for hydroxylation is 1. The highest BCUT2D eigenvalue weighted by Crippen LogP contribution is 2.43. The first kappa shape index (κ1) is 27.3. The minimum Gasteiger partial charge on any atom is -0.450 e. The number of ether oxygens (including phenoxy) is 1. The number of rotatable bonds is 6. The van der Waals surface area contributed by atoms with E-state index in [0.29, 0.717) is 10.6 Å². The molecule has 12 heteroatoms. The maximum absolute atomic E-state index is 13.2. The third-order valence-electron chi connectivity index (χ3n) is 6.64. The van der Waals surface area contributed by atoms with Gasteiger partial charge in [0.2, 0.25) is 10.0 Å². The molecule has 0 radical (unpaired) electrons. The molecule has 1 saturated heterocycles. The van der Waals surface area contributed by atoms with E-state index in [-0.39, 0.29) is 43.6 Å². The van der Waals surface area contributed by atoms with Crippen LogP contribution in [0.15, 0.2) is 53.4 Å². The number of amides is 2. The van der Waals surface area contributed by atoms with E-state index >= 15 is 0 Å². The lowest BCUT2D eigenvalue weighted by molar-refractivity contribution is 0.0933. The van der Waals surface area contributed by atoms with E-state index < -0.39 is 16.1 Å². The van der Waals surface area contributed by atoms with Gasteiger partial charge in [-0.3, -0.25) is 4.79 Å². The van der Waals surface area contributed by atoms with Crippen molar-refractivity contribution < 1.29 is 22.7 Å². The molecule has 3 heterocycles. The molecule has 0 bridgehead atoms. The number of hydrogen-bond donors (Lipinski definition) is 1. The van der Waals surface area contributed by atoms with Gasteiger partial charge in [-0.05, 0) is 62.7 Å². The third-order valence-corrected chi connectivity index (χ3v) is 10.7. The van der Waals surface area contributed by atoms with Crippen LogP contribution in [0.2, 0.25) is 0 Å². The van der Waals surface area contributed by atoms with Crippen LogP contribution in [0.25, 0.3) is 20.8 Å². The zero-order valence-electron chi connectivity index (χ0n) is 21.8. The van der Waals surface area contributed by atoms with Crippen molar-refractivity contribution in [2.45, 2.75) is 25.7 Å². The van der Waals surface area contributed by atoms with Crippen LogP contribution >= 0.6 is 22.7 Å². The normalized spacial score (nSPS) is 14.5. The largest absolute Gasteiger partial charge is 0.450 e. The highest BCUT2D eigenvalue weighted by molar-refractivity contribution is 7.89. The van der Waals surface area contributed by atoms with E-state index in [4.69, 9.17) is 9.72 Å². The molecule has 9 nitrogen and oxygen atoms in total.